The predicted molar refractivity (Wildman–Crippen MR) is 158 cm³/mol. The molecule has 13 heteroatoms. The summed E-state index contributed by atoms with van der Waals surface area (Å²) in [6.45, 7) is 4.18. The third kappa shape index (κ3) is 8.41. The molecule has 43 heavy (non-hydrogen) atoms. The van der Waals surface area contributed by atoms with Gasteiger partial charge < -0.3 is 15.0 Å². The van der Waals surface area contributed by atoms with Crippen LogP contribution in [0.15, 0.2) is 77.7 Å². The summed E-state index contributed by atoms with van der Waals surface area (Å²) in [5.74, 6) is -0.728. The van der Waals surface area contributed by atoms with Crippen LogP contribution in [0.1, 0.15) is 38.3 Å². The number of carbonyl (C=O) groups excluding carboxylic acids is 2. The number of amides is 2. The van der Waals surface area contributed by atoms with Crippen molar-refractivity contribution in [2.24, 2.45) is 0 Å². The summed E-state index contributed by atoms with van der Waals surface area (Å²) in [4.78, 5) is 28.2. The molecular weight excluding hydrogens is 607 g/mol. The van der Waals surface area contributed by atoms with E-state index in [1.54, 1.807) is 51.1 Å². The van der Waals surface area contributed by atoms with Crippen molar-refractivity contribution in [2.45, 2.75) is 56.9 Å². The number of hydrogen-bond acceptors (Lipinski definition) is 5. The Bertz CT molecular complexity index is 1520. The van der Waals surface area contributed by atoms with Crippen molar-refractivity contribution in [1.29, 1.82) is 0 Å². The van der Waals surface area contributed by atoms with Crippen LogP contribution in [-0.2, 0) is 32.3 Å². The van der Waals surface area contributed by atoms with Gasteiger partial charge in [-0.15, -0.1) is 0 Å². The molecule has 0 aromatic heterocycles. The van der Waals surface area contributed by atoms with Gasteiger partial charge in [-0.1, -0.05) is 48.9 Å². The molecule has 3 aromatic carbocycles. The second-order valence-corrected chi connectivity index (χ2v) is 12.2. The van der Waals surface area contributed by atoms with Gasteiger partial charge in [-0.05, 0) is 68.3 Å². The van der Waals surface area contributed by atoms with E-state index in [2.05, 4.69) is 5.32 Å². The van der Waals surface area contributed by atoms with Crippen LogP contribution in [0.25, 0.3) is 0 Å². The fraction of sp³-hybridized carbons (Fsp3) is 0.333. The maximum atomic E-state index is 14.1. The molecule has 2 amide bonds. The van der Waals surface area contributed by atoms with Crippen LogP contribution >= 0.6 is 11.6 Å². The molecule has 0 spiro atoms. The summed E-state index contributed by atoms with van der Waals surface area (Å²) in [6, 6.07) is 14.7. The zero-order chi connectivity index (χ0) is 31.9. The lowest BCUT2D eigenvalue weighted by Crippen LogP contribution is -2.53. The van der Waals surface area contributed by atoms with Crippen LogP contribution in [-0.4, -0.2) is 50.9 Å². The summed E-state index contributed by atoms with van der Waals surface area (Å²) in [5, 5.41) is 2.46. The van der Waals surface area contributed by atoms with E-state index in [1.807, 2.05) is 0 Å². The number of rotatable bonds is 12. The van der Waals surface area contributed by atoms with Crippen molar-refractivity contribution in [3.8, 4) is 5.75 Å². The van der Waals surface area contributed by atoms with Gasteiger partial charge in [-0.3, -0.25) is 13.9 Å². The van der Waals surface area contributed by atoms with Crippen molar-refractivity contribution in [1.82, 2.24) is 10.2 Å². The fourth-order valence-electron chi connectivity index (χ4n) is 4.34. The van der Waals surface area contributed by atoms with Crippen molar-refractivity contribution in [2.75, 3.05) is 18.0 Å². The van der Waals surface area contributed by atoms with Crippen molar-refractivity contribution in [3.05, 3.63) is 88.9 Å². The monoisotopic (exact) mass is 639 g/mol. The lowest BCUT2D eigenvalue weighted by Gasteiger charge is -2.34. The number of anilines is 1. The highest BCUT2D eigenvalue weighted by atomic mass is 35.5. The first-order valence-corrected chi connectivity index (χ1v) is 15.2. The SMILES string of the molecule is CCC(C(=O)NC(C)C)N(Cc1ccc(OC)cc1)C(=O)CN(c1cc(C(F)(F)F)ccc1Cl)S(=O)(=O)c1ccccc1. The largest absolute Gasteiger partial charge is 0.497 e. The molecule has 1 atom stereocenters. The van der Waals surface area contributed by atoms with Crippen molar-refractivity contribution < 1.29 is 35.9 Å². The highest BCUT2D eigenvalue weighted by Crippen LogP contribution is 2.37. The van der Waals surface area contributed by atoms with E-state index in [-0.39, 0.29) is 28.9 Å². The molecule has 0 saturated heterocycles. The smallest absolute Gasteiger partial charge is 0.416 e. The Kier molecular flexibility index (Phi) is 11.1. The molecule has 3 aromatic rings. The molecule has 0 fully saturated rings. The quantitative estimate of drug-likeness (QED) is 0.267. The number of alkyl halides is 3. The molecule has 0 bridgehead atoms. The van der Waals surface area contributed by atoms with E-state index >= 15 is 0 Å². The maximum absolute atomic E-state index is 14.1. The molecule has 3 rings (SSSR count). The first kappa shape index (κ1) is 33.7. The van der Waals surface area contributed by atoms with E-state index < -0.39 is 51.9 Å². The Labute approximate surface area is 254 Å². The summed E-state index contributed by atoms with van der Waals surface area (Å²) < 4.78 is 74.5. The second-order valence-electron chi connectivity index (χ2n) is 9.95. The van der Waals surface area contributed by atoms with Crippen LogP contribution in [0.2, 0.25) is 5.02 Å². The number of hydrogen-bond donors (Lipinski definition) is 1. The van der Waals surface area contributed by atoms with Gasteiger partial charge in [0.1, 0.15) is 18.3 Å². The average molecular weight is 640 g/mol. The van der Waals surface area contributed by atoms with Crippen LogP contribution in [0.5, 0.6) is 5.75 Å². The predicted octanol–water partition coefficient (Wildman–Crippen LogP) is 5.89. The minimum atomic E-state index is -4.81. The summed E-state index contributed by atoms with van der Waals surface area (Å²) >= 11 is 6.28. The van der Waals surface area contributed by atoms with Crippen LogP contribution in [0.3, 0.4) is 0 Å². The number of ether oxygens (including phenoxy) is 1. The molecule has 232 valence electrons. The van der Waals surface area contributed by atoms with Crippen molar-refractivity contribution >= 4 is 39.1 Å². The van der Waals surface area contributed by atoms with Gasteiger partial charge in [0.2, 0.25) is 11.8 Å². The molecule has 0 aliphatic carbocycles. The number of benzene rings is 3. The van der Waals surface area contributed by atoms with Gasteiger partial charge in [0.05, 0.1) is 28.3 Å². The Morgan fingerprint density at radius 3 is 2.16 bits per heavy atom. The highest BCUT2D eigenvalue weighted by Gasteiger charge is 2.37. The highest BCUT2D eigenvalue weighted by molar-refractivity contribution is 7.92. The average Bonchev–Trinajstić information content (AvgIpc) is 2.95. The maximum Gasteiger partial charge on any atom is 0.416 e. The van der Waals surface area contributed by atoms with E-state index in [4.69, 9.17) is 16.3 Å². The minimum absolute atomic E-state index is 0.0948. The number of methoxy groups -OCH3 is 1. The molecule has 0 saturated carbocycles. The van der Waals surface area contributed by atoms with E-state index in [9.17, 15) is 31.2 Å². The molecule has 8 nitrogen and oxygen atoms in total. The molecule has 0 aliphatic heterocycles. The van der Waals surface area contributed by atoms with E-state index in [0.717, 1.165) is 12.1 Å². The number of sulfonamides is 1. The summed E-state index contributed by atoms with van der Waals surface area (Å²) in [6.07, 6.45) is -4.63. The van der Waals surface area contributed by atoms with E-state index in [0.29, 0.717) is 21.7 Å². The van der Waals surface area contributed by atoms with Gasteiger partial charge in [-0.2, -0.15) is 13.2 Å². The zero-order valence-corrected chi connectivity index (χ0v) is 25.6. The normalized spacial score (nSPS) is 12.5. The third-order valence-electron chi connectivity index (χ3n) is 6.48. The van der Waals surface area contributed by atoms with Gasteiger partial charge in [0, 0.05) is 12.6 Å². The molecule has 0 heterocycles. The van der Waals surface area contributed by atoms with E-state index in [1.165, 1.54) is 36.3 Å². The third-order valence-corrected chi connectivity index (χ3v) is 8.57. The van der Waals surface area contributed by atoms with Gasteiger partial charge in [0.15, 0.2) is 0 Å². The molecule has 0 radical (unpaired) electrons. The first-order valence-electron chi connectivity index (χ1n) is 13.4. The summed E-state index contributed by atoms with van der Waals surface area (Å²) in [7, 11) is -3.11. The fourth-order valence-corrected chi connectivity index (χ4v) is 6.06. The standard InChI is InChI=1S/C30H33ClF3N3O5S/c1-5-26(29(39)35-20(2)3)36(18-21-11-14-23(42-4)15-12-21)28(38)19-37(43(40,41)24-9-7-6-8-10-24)27-17-22(30(32,33)34)13-16-25(27)31/h6-17,20,26H,5,18-19H2,1-4H3,(H,35,39). The van der Waals surface area contributed by atoms with Crippen molar-refractivity contribution in [3.63, 3.8) is 0 Å². The first-order chi connectivity index (χ1) is 20.2. The van der Waals surface area contributed by atoms with Gasteiger partial charge >= 0.3 is 6.18 Å². The Morgan fingerprint density at radius 1 is 1.00 bits per heavy atom. The number of halogens is 4. The zero-order valence-electron chi connectivity index (χ0n) is 24.1. The topological polar surface area (TPSA) is 96.0 Å². The van der Waals surface area contributed by atoms with Crippen LogP contribution in [0.4, 0.5) is 18.9 Å². The Morgan fingerprint density at radius 2 is 1.63 bits per heavy atom. The van der Waals surface area contributed by atoms with Gasteiger partial charge in [-0.25, -0.2) is 8.42 Å². The van der Waals surface area contributed by atoms with Crippen LogP contribution in [0, 0.1) is 0 Å². The van der Waals surface area contributed by atoms with Crippen LogP contribution < -0.4 is 14.4 Å². The molecule has 0 aliphatic rings. The lowest BCUT2D eigenvalue weighted by atomic mass is 10.1. The molecular formula is C30H33ClF3N3O5S. The number of nitrogens with one attached hydrogen (secondary N) is 1. The molecule has 1 N–H and O–H groups in total. The number of carbonyl (C=O) groups is 2. The Balaban J connectivity index is 2.15. The Hall–Kier alpha value is -3.77. The summed E-state index contributed by atoms with van der Waals surface area (Å²) in [5.41, 5.74) is -1.07. The van der Waals surface area contributed by atoms with Gasteiger partial charge in [0.25, 0.3) is 10.0 Å². The number of nitrogens with zero attached hydrogens (tertiary/aromatic N) is 2. The lowest BCUT2D eigenvalue weighted by molar-refractivity contribution is -0.140. The molecule has 1 unspecified atom stereocenters. The second kappa shape index (κ2) is 14.1. The minimum Gasteiger partial charge on any atom is -0.497 e.